The molecule has 2 heterocycles. The molecular formula is C20H24N2O3. The van der Waals surface area contributed by atoms with Crippen LogP contribution in [0.25, 0.3) is 0 Å². The monoisotopic (exact) mass is 340 g/mol. The van der Waals surface area contributed by atoms with E-state index in [1.54, 1.807) is 6.20 Å². The summed E-state index contributed by atoms with van der Waals surface area (Å²) in [7, 11) is 0. The minimum absolute atomic E-state index is 0.0105. The van der Waals surface area contributed by atoms with Crippen molar-refractivity contribution in [2.24, 2.45) is 5.92 Å². The Morgan fingerprint density at radius 2 is 2.08 bits per heavy atom. The predicted octanol–water partition coefficient (Wildman–Crippen LogP) is 3.37. The van der Waals surface area contributed by atoms with Gasteiger partial charge in [0.25, 0.3) is 0 Å². The zero-order valence-corrected chi connectivity index (χ0v) is 14.5. The Morgan fingerprint density at radius 3 is 2.72 bits per heavy atom. The number of aromatic nitrogens is 1. The number of carbonyl (C=O) groups is 1. The first-order valence-corrected chi connectivity index (χ1v) is 8.79. The van der Waals surface area contributed by atoms with Gasteiger partial charge in [0.1, 0.15) is 5.75 Å². The van der Waals surface area contributed by atoms with Crippen LogP contribution in [0.4, 0.5) is 0 Å². The summed E-state index contributed by atoms with van der Waals surface area (Å²) in [5.41, 5.74) is 2.10. The Hall–Kier alpha value is -2.40. The average molecular weight is 340 g/mol. The Morgan fingerprint density at radius 1 is 1.28 bits per heavy atom. The second kappa shape index (κ2) is 8.12. The van der Waals surface area contributed by atoms with Gasteiger partial charge in [-0.15, -0.1) is 0 Å². The molecule has 1 atom stereocenters. The number of aliphatic carboxylic acids is 1. The summed E-state index contributed by atoms with van der Waals surface area (Å²) in [6.07, 6.45) is 3.15. The Bertz CT molecular complexity index is 697. The molecule has 0 spiro atoms. The lowest BCUT2D eigenvalue weighted by atomic mass is 9.93. The molecule has 2 aromatic rings. The quantitative estimate of drug-likeness (QED) is 0.873. The number of rotatable bonds is 6. The van der Waals surface area contributed by atoms with Crippen LogP contribution in [-0.4, -0.2) is 40.7 Å². The van der Waals surface area contributed by atoms with Crippen LogP contribution < -0.4 is 4.74 Å². The van der Waals surface area contributed by atoms with E-state index in [4.69, 9.17) is 4.74 Å². The number of nitrogens with zero attached hydrogens (tertiary/aromatic N) is 2. The molecule has 0 amide bonds. The van der Waals surface area contributed by atoms with E-state index in [9.17, 15) is 9.90 Å². The van der Waals surface area contributed by atoms with Crippen molar-refractivity contribution in [3.05, 3.63) is 59.9 Å². The van der Waals surface area contributed by atoms with Gasteiger partial charge in [0, 0.05) is 6.20 Å². The van der Waals surface area contributed by atoms with Gasteiger partial charge in [0.2, 0.25) is 0 Å². The van der Waals surface area contributed by atoms with Crippen molar-refractivity contribution in [2.75, 3.05) is 19.7 Å². The fourth-order valence-electron chi connectivity index (χ4n) is 3.45. The molecule has 1 fully saturated rings. The van der Waals surface area contributed by atoms with Crippen LogP contribution in [0.15, 0.2) is 48.7 Å². The van der Waals surface area contributed by atoms with Crippen molar-refractivity contribution in [2.45, 2.75) is 25.8 Å². The number of hydrogen-bond acceptors (Lipinski definition) is 4. The summed E-state index contributed by atoms with van der Waals surface area (Å²) >= 11 is 0. The molecule has 1 aliphatic rings. The second-order valence-corrected chi connectivity index (χ2v) is 6.31. The van der Waals surface area contributed by atoms with Crippen molar-refractivity contribution < 1.29 is 14.6 Å². The maximum atomic E-state index is 11.2. The highest BCUT2D eigenvalue weighted by Crippen LogP contribution is 2.33. The van der Waals surface area contributed by atoms with E-state index < -0.39 is 5.97 Å². The highest BCUT2D eigenvalue weighted by atomic mass is 16.5. The third-order valence-corrected chi connectivity index (χ3v) is 4.70. The van der Waals surface area contributed by atoms with Gasteiger partial charge in [-0.25, -0.2) is 0 Å². The topological polar surface area (TPSA) is 62.7 Å². The molecule has 5 heteroatoms. The SMILES string of the molecule is CCOc1cccc(C(c2ccccn2)N2CCC(C(=O)O)CC2)c1. The summed E-state index contributed by atoms with van der Waals surface area (Å²) in [6, 6.07) is 14.0. The molecule has 1 unspecified atom stereocenters. The van der Waals surface area contributed by atoms with Gasteiger partial charge in [-0.2, -0.15) is 0 Å². The highest BCUT2D eigenvalue weighted by molar-refractivity contribution is 5.70. The molecule has 0 saturated carbocycles. The van der Waals surface area contributed by atoms with Crippen molar-refractivity contribution in [1.29, 1.82) is 0 Å². The molecule has 1 aliphatic heterocycles. The van der Waals surface area contributed by atoms with Crippen LogP contribution in [-0.2, 0) is 4.79 Å². The second-order valence-electron chi connectivity index (χ2n) is 6.31. The smallest absolute Gasteiger partial charge is 0.306 e. The molecule has 1 N–H and O–H groups in total. The Balaban J connectivity index is 1.89. The third kappa shape index (κ3) is 4.17. The fourth-order valence-corrected chi connectivity index (χ4v) is 3.45. The van der Waals surface area contributed by atoms with Crippen molar-refractivity contribution in [1.82, 2.24) is 9.88 Å². The number of hydrogen-bond donors (Lipinski definition) is 1. The van der Waals surface area contributed by atoms with Crippen LogP contribution in [0.3, 0.4) is 0 Å². The van der Waals surface area contributed by atoms with Gasteiger partial charge >= 0.3 is 5.97 Å². The van der Waals surface area contributed by atoms with Crippen LogP contribution >= 0.6 is 0 Å². The normalized spacial score (nSPS) is 17.2. The first-order chi connectivity index (χ1) is 12.2. The standard InChI is InChI=1S/C20H24N2O3/c1-2-25-17-7-5-6-16(14-17)19(18-8-3-4-11-21-18)22-12-9-15(10-13-22)20(23)24/h3-8,11,14-15,19H,2,9-10,12-13H2,1H3,(H,23,24). The lowest BCUT2D eigenvalue weighted by Crippen LogP contribution is -2.39. The van der Waals surface area contributed by atoms with Gasteiger partial charge < -0.3 is 9.84 Å². The summed E-state index contributed by atoms with van der Waals surface area (Å²) in [6.45, 7) is 4.09. The largest absolute Gasteiger partial charge is 0.494 e. The van der Waals surface area contributed by atoms with Crippen LogP contribution in [0.5, 0.6) is 5.75 Å². The first kappa shape index (κ1) is 17.4. The fraction of sp³-hybridized carbons (Fsp3) is 0.400. The summed E-state index contributed by atoms with van der Waals surface area (Å²) < 4.78 is 5.65. The van der Waals surface area contributed by atoms with E-state index in [0.717, 1.165) is 30.1 Å². The van der Waals surface area contributed by atoms with E-state index in [2.05, 4.69) is 22.0 Å². The average Bonchev–Trinajstić information content (AvgIpc) is 2.64. The van der Waals surface area contributed by atoms with Crippen molar-refractivity contribution >= 4 is 5.97 Å². The van der Waals surface area contributed by atoms with Gasteiger partial charge in [-0.05, 0) is 62.7 Å². The number of piperidine rings is 1. The van der Waals surface area contributed by atoms with Crippen LogP contribution in [0.1, 0.15) is 37.1 Å². The van der Waals surface area contributed by atoms with Crippen molar-refractivity contribution in [3.8, 4) is 5.75 Å². The molecule has 0 aliphatic carbocycles. The number of carboxylic acids is 1. The maximum absolute atomic E-state index is 11.2. The lowest BCUT2D eigenvalue weighted by molar-refractivity contribution is -0.143. The van der Waals surface area contributed by atoms with Gasteiger partial charge in [0.15, 0.2) is 0 Å². The minimum Gasteiger partial charge on any atom is -0.494 e. The van der Waals surface area contributed by atoms with E-state index in [-0.39, 0.29) is 12.0 Å². The Labute approximate surface area is 148 Å². The number of likely N-dealkylation sites (tertiary alicyclic amines) is 1. The van der Waals surface area contributed by atoms with Crippen LogP contribution in [0, 0.1) is 5.92 Å². The Kier molecular flexibility index (Phi) is 5.66. The molecule has 1 aromatic carbocycles. The predicted molar refractivity (Wildman–Crippen MR) is 95.6 cm³/mol. The summed E-state index contributed by atoms with van der Waals surface area (Å²) in [5.74, 6) is -0.0795. The lowest BCUT2D eigenvalue weighted by Gasteiger charge is -2.36. The number of benzene rings is 1. The molecule has 1 saturated heterocycles. The molecule has 0 bridgehead atoms. The molecule has 5 nitrogen and oxygen atoms in total. The van der Waals surface area contributed by atoms with Crippen molar-refractivity contribution in [3.63, 3.8) is 0 Å². The van der Waals surface area contributed by atoms with E-state index >= 15 is 0 Å². The maximum Gasteiger partial charge on any atom is 0.306 e. The zero-order chi connectivity index (χ0) is 17.6. The van der Waals surface area contributed by atoms with E-state index in [1.165, 1.54) is 0 Å². The minimum atomic E-state index is -0.688. The summed E-state index contributed by atoms with van der Waals surface area (Å²) in [5, 5.41) is 9.25. The van der Waals surface area contributed by atoms with E-state index in [0.29, 0.717) is 19.4 Å². The van der Waals surface area contributed by atoms with E-state index in [1.807, 2.05) is 37.3 Å². The molecule has 0 radical (unpaired) electrons. The zero-order valence-electron chi connectivity index (χ0n) is 14.5. The number of pyridine rings is 1. The first-order valence-electron chi connectivity index (χ1n) is 8.79. The van der Waals surface area contributed by atoms with Gasteiger partial charge in [-0.1, -0.05) is 18.2 Å². The molecule has 1 aromatic heterocycles. The third-order valence-electron chi connectivity index (χ3n) is 4.70. The molecular weight excluding hydrogens is 316 g/mol. The van der Waals surface area contributed by atoms with Gasteiger partial charge in [0.05, 0.1) is 24.3 Å². The molecule has 3 rings (SSSR count). The molecule has 132 valence electrons. The van der Waals surface area contributed by atoms with Gasteiger partial charge in [-0.3, -0.25) is 14.7 Å². The number of ether oxygens (including phenoxy) is 1. The summed E-state index contributed by atoms with van der Waals surface area (Å²) in [4.78, 5) is 18.1. The highest BCUT2D eigenvalue weighted by Gasteiger charge is 2.30. The molecule has 25 heavy (non-hydrogen) atoms. The number of carboxylic acid groups (broad SMARTS) is 1. The van der Waals surface area contributed by atoms with Crippen LogP contribution in [0.2, 0.25) is 0 Å².